The van der Waals surface area contributed by atoms with Crippen molar-refractivity contribution < 1.29 is 9.18 Å². The third kappa shape index (κ3) is 4.33. The lowest BCUT2D eigenvalue weighted by Gasteiger charge is -2.36. The molecule has 1 amide bonds. The number of hydrogen-bond acceptors (Lipinski definition) is 8. The normalized spacial score (nSPS) is 17.2. The minimum absolute atomic E-state index is 0.0627. The molecule has 11 heteroatoms. The highest BCUT2D eigenvalue weighted by Gasteiger charge is 2.26. The zero-order valence-electron chi connectivity index (χ0n) is 20.9. The average molecular weight is 505 g/mol. The van der Waals surface area contributed by atoms with Crippen molar-refractivity contribution in [2.45, 2.75) is 45.8 Å². The first-order chi connectivity index (χ1) is 17.9. The fourth-order valence-corrected chi connectivity index (χ4v) is 5.11. The number of carbonyl (C=O) groups is 1. The lowest BCUT2D eigenvalue weighted by atomic mass is 10.1. The molecule has 2 N–H and O–H groups in total. The van der Waals surface area contributed by atoms with E-state index >= 15 is 4.39 Å². The number of carbonyl (C=O) groups excluding carboxylic acids is 1. The number of pyridine rings is 1. The molecule has 2 fully saturated rings. The molecule has 2 aromatic heterocycles. The Morgan fingerprint density at radius 2 is 1.97 bits per heavy atom. The number of aliphatic imine (C=N–C) groups is 1. The van der Waals surface area contributed by atoms with Crippen LogP contribution in [0.1, 0.15) is 41.5 Å². The summed E-state index contributed by atoms with van der Waals surface area (Å²) in [6, 6.07) is 5.84. The van der Waals surface area contributed by atoms with E-state index in [1.807, 2.05) is 19.9 Å². The van der Waals surface area contributed by atoms with E-state index in [9.17, 15) is 9.59 Å². The van der Waals surface area contributed by atoms with Gasteiger partial charge in [-0.1, -0.05) is 0 Å². The SMILES string of the molecule is CCn1c2c3c(cc(CN4CCN(c5ccc(C(=O)NC6CC6)nc5C)CC4)c(F)c3nc1=O)NC=N2. The van der Waals surface area contributed by atoms with Gasteiger partial charge in [0.25, 0.3) is 5.91 Å². The molecule has 0 spiro atoms. The second kappa shape index (κ2) is 9.22. The van der Waals surface area contributed by atoms with E-state index in [1.54, 1.807) is 12.1 Å². The summed E-state index contributed by atoms with van der Waals surface area (Å²) < 4.78 is 17.0. The maximum atomic E-state index is 15.6. The Labute approximate surface area is 213 Å². The van der Waals surface area contributed by atoms with Gasteiger partial charge >= 0.3 is 5.69 Å². The van der Waals surface area contributed by atoms with Gasteiger partial charge in [-0.2, -0.15) is 4.98 Å². The Morgan fingerprint density at radius 1 is 1.19 bits per heavy atom. The van der Waals surface area contributed by atoms with Crippen LogP contribution in [0.3, 0.4) is 0 Å². The van der Waals surface area contributed by atoms with Crippen molar-refractivity contribution in [1.82, 2.24) is 24.8 Å². The Bertz CT molecular complexity index is 1490. The summed E-state index contributed by atoms with van der Waals surface area (Å²) in [5.74, 6) is -0.151. The standard InChI is InChI=1S/C26H29FN8O2/c1-3-35-24-21-19(28-14-29-24)12-16(22(27)23(21)32-26(35)37)13-33-8-10-34(11-9-33)20-7-6-18(30-15(20)2)25(36)31-17-4-5-17/h6-7,12,14,17H,3-5,8-11,13H2,1-2H3,(H,28,29)(H,31,36). The van der Waals surface area contributed by atoms with Crippen molar-refractivity contribution in [2.75, 3.05) is 36.4 Å². The van der Waals surface area contributed by atoms with Crippen LogP contribution in [0.5, 0.6) is 0 Å². The summed E-state index contributed by atoms with van der Waals surface area (Å²) in [5, 5.41) is 6.60. The Kier molecular flexibility index (Phi) is 5.86. The molecule has 37 heavy (non-hydrogen) atoms. The number of nitrogens with zero attached hydrogens (tertiary/aromatic N) is 6. The van der Waals surface area contributed by atoms with Crippen LogP contribution in [-0.2, 0) is 13.1 Å². The first-order valence-electron chi connectivity index (χ1n) is 12.7. The van der Waals surface area contributed by atoms with Crippen LogP contribution in [0.15, 0.2) is 28.0 Å². The van der Waals surface area contributed by atoms with E-state index in [0.717, 1.165) is 50.4 Å². The quantitative estimate of drug-likeness (QED) is 0.531. The Balaban J connectivity index is 1.17. The van der Waals surface area contributed by atoms with Crippen LogP contribution in [0, 0.1) is 12.7 Å². The molecule has 0 bridgehead atoms. The Hall–Kier alpha value is -3.86. The van der Waals surface area contributed by atoms with E-state index in [-0.39, 0.29) is 11.4 Å². The predicted octanol–water partition coefficient (Wildman–Crippen LogP) is 2.56. The number of aryl methyl sites for hydroxylation is 1. The topological polar surface area (TPSA) is 108 Å². The van der Waals surface area contributed by atoms with Crippen LogP contribution in [0.2, 0.25) is 0 Å². The van der Waals surface area contributed by atoms with Crippen molar-refractivity contribution in [3.63, 3.8) is 0 Å². The molecule has 192 valence electrons. The number of halogens is 1. The molecule has 3 aliphatic rings. The van der Waals surface area contributed by atoms with Gasteiger partial charge in [-0.25, -0.2) is 19.2 Å². The lowest BCUT2D eigenvalue weighted by Crippen LogP contribution is -2.46. The maximum absolute atomic E-state index is 15.6. The van der Waals surface area contributed by atoms with Crippen LogP contribution in [-0.4, -0.2) is 63.9 Å². The summed E-state index contributed by atoms with van der Waals surface area (Å²) in [5.41, 5.74) is 3.04. The molecule has 3 aromatic rings. The number of aromatic nitrogens is 3. The van der Waals surface area contributed by atoms with Gasteiger partial charge in [0.15, 0.2) is 5.82 Å². The fourth-order valence-electron chi connectivity index (χ4n) is 5.11. The number of amides is 1. The highest BCUT2D eigenvalue weighted by Crippen LogP contribution is 2.36. The maximum Gasteiger partial charge on any atom is 0.349 e. The van der Waals surface area contributed by atoms with Crippen molar-refractivity contribution >= 4 is 40.3 Å². The van der Waals surface area contributed by atoms with Crippen LogP contribution < -0.4 is 21.2 Å². The molecular weight excluding hydrogens is 475 g/mol. The van der Waals surface area contributed by atoms with E-state index in [1.165, 1.54) is 10.9 Å². The van der Waals surface area contributed by atoms with Crippen LogP contribution in [0.25, 0.3) is 10.9 Å². The summed E-state index contributed by atoms with van der Waals surface area (Å²) in [7, 11) is 0. The number of piperazine rings is 1. The smallest absolute Gasteiger partial charge is 0.349 e. The van der Waals surface area contributed by atoms with Gasteiger partial charge in [0.1, 0.15) is 17.0 Å². The first kappa shape index (κ1) is 23.5. The molecule has 0 radical (unpaired) electrons. The van der Waals surface area contributed by atoms with Crippen molar-refractivity contribution in [3.8, 4) is 0 Å². The minimum atomic E-state index is -0.500. The second-order valence-electron chi connectivity index (χ2n) is 9.80. The Morgan fingerprint density at radius 3 is 2.68 bits per heavy atom. The number of anilines is 2. The fraction of sp³-hybridized carbons (Fsp3) is 0.423. The second-order valence-corrected chi connectivity index (χ2v) is 9.80. The van der Waals surface area contributed by atoms with E-state index < -0.39 is 11.5 Å². The predicted molar refractivity (Wildman–Crippen MR) is 140 cm³/mol. The van der Waals surface area contributed by atoms with Gasteiger partial charge in [-0.05, 0) is 44.9 Å². The van der Waals surface area contributed by atoms with Crippen LogP contribution in [0.4, 0.5) is 21.6 Å². The molecule has 1 aromatic carbocycles. The largest absolute Gasteiger partial charge is 0.368 e. The zero-order valence-corrected chi connectivity index (χ0v) is 20.9. The van der Waals surface area contributed by atoms with E-state index in [4.69, 9.17) is 0 Å². The molecule has 10 nitrogen and oxygen atoms in total. The van der Waals surface area contributed by atoms with E-state index in [0.29, 0.717) is 47.3 Å². The molecule has 1 aliphatic carbocycles. The van der Waals surface area contributed by atoms with Crippen LogP contribution >= 0.6 is 0 Å². The molecule has 0 atom stereocenters. The lowest BCUT2D eigenvalue weighted by molar-refractivity contribution is 0.0946. The highest BCUT2D eigenvalue weighted by atomic mass is 19.1. The zero-order chi connectivity index (χ0) is 25.7. The molecule has 1 saturated carbocycles. The third-order valence-corrected chi connectivity index (χ3v) is 7.27. The van der Waals surface area contributed by atoms with Gasteiger partial charge in [-0.3, -0.25) is 14.3 Å². The number of rotatable bonds is 6. The van der Waals surface area contributed by atoms with Gasteiger partial charge in [0.05, 0.1) is 28.8 Å². The van der Waals surface area contributed by atoms with Gasteiger partial charge in [0, 0.05) is 50.9 Å². The summed E-state index contributed by atoms with van der Waals surface area (Å²) in [6.07, 6.45) is 3.61. The summed E-state index contributed by atoms with van der Waals surface area (Å²) in [6.45, 7) is 7.57. The van der Waals surface area contributed by atoms with Crippen molar-refractivity contribution in [2.24, 2.45) is 4.99 Å². The number of nitrogens with one attached hydrogen (secondary N) is 2. The molecular formula is C26H29FN8O2. The molecule has 6 rings (SSSR count). The number of hydrogen-bond donors (Lipinski definition) is 2. The van der Waals surface area contributed by atoms with Gasteiger partial charge in [-0.15, -0.1) is 0 Å². The monoisotopic (exact) mass is 504 g/mol. The molecule has 2 aliphatic heterocycles. The van der Waals surface area contributed by atoms with Gasteiger partial charge in [0.2, 0.25) is 0 Å². The van der Waals surface area contributed by atoms with Gasteiger partial charge < -0.3 is 15.5 Å². The highest BCUT2D eigenvalue weighted by molar-refractivity contribution is 6.06. The third-order valence-electron chi connectivity index (χ3n) is 7.27. The van der Waals surface area contributed by atoms with E-state index in [2.05, 4.69) is 35.4 Å². The molecule has 4 heterocycles. The minimum Gasteiger partial charge on any atom is -0.368 e. The first-order valence-corrected chi connectivity index (χ1v) is 12.7. The molecule has 0 unspecified atom stereocenters. The molecule has 1 saturated heterocycles. The summed E-state index contributed by atoms with van der Waals surface area (Å²) >= 11 is 0. The van der Waals surface area contributed by atoms with Crippen molar-refractivity contribution in [1.29, 1.82) is 0 Å². The van der Waals surface area contributed by atoms with Crippen molar-refractivity contribution in [3.05, 3.63) is 51.5 Å². The summed E-state index contributed by atoms with van der Waals surface area (Å²) in [4.78, 5) is 42.1. The average Bonchev–Trinajstić information content (AvgIpc) is 3.71. The number of benzene rings is 1.